The van der Waals surface area contributed by atoms with Gasteiger partial charge in [0.2, 0.25) is 10.7 Å². The Hall–Kier alpha value is -3.62. The highest BCUT2D eigenvalue weighted by Gasteiger charge is 2.27. The Bertz CT molecular complexity index is 1330. The van der Waals surface area contributed by atoms with Crippen molar-refractivity contribution in [2.75, 3.05) is 13.1 Å². The molecule has 1 atom stereocenters. The fourth-order valence-electron chi connectivity index (χ4n) is 4.33. The van der Waals surface area contributed by atoms with Crippen molar-refractivity contribution in [3.8, 4) is 17.1 Å². The average Bonchev–Trinajstić information content (AvgIpc) is 3.07. The minimum atomic E-state index is -0.0560. The number of nitrogens with one attached hydrogen (secondary N) is 1. The fourth-order valence-corrected chi connectivity index (χ4v) is 4.62. The number of aryl methyl sites for hydroxylation is 1. The van der Waals surface area contributed by atoms with Gasteiger partial charge in [0.05, 0.1) is 6.67 Å². The molecular formula is C26H26N6OS. The highest BCUT2D eigenvalue weighted by molar-refractivity contribution is 7.71. The van der Waals surface area contributed by atoms with E-state index in [1.165, 1.54) is 5.56 Å². The zero-order chi connectivity index (χ0) is 23.5. The van der Waals surface area contributed by atoms with Crippen LogP contribution in [0.5, 0.6) is 0 Å². The molecular weight excluding hydrogens is 444 g/mol. The van der Waals surface area contributed by atoms with Crippen molar-refractivity contribution < 1.29 is 4.79 Å². The Balaban J connectivity index is 1.57. The van der Waals surface area contributed by atoms with E-state index in [-0.39, 0.29) is 11.9 Å². The van der Waals surface area contributed by atoms with E-state index in [0.717, 1.165) is 22.6 Å². The van der Waals surface area contributed by atoms with Crippen LogP contribution < -0.4 is 5.32 Å². The summed E-state index contributed by atoms with van der Waals surface area (Å²) < 4.78 is 4.46. The predicted molar refractivity (Wildman–Crippen MR) is 134 cm³/mol. The number of amides is 1. The zero-order valence-electron chi connectivity index (χ0n) is 19.0. The quantitative estimate of drug-likeness (QED) is 0.441. The summed E-state index contributed by atoms with van der Waals surface area (Å²) in [6.45, 7) is 3.83. The number of carbonyl (C=O) groups is 1. The molecule has 4 aromatic rings. The van der Waals surface area contributed by atoms with Gasteiger partial charge in [-0.3, -0.25) is 19.2 Å². The Morgan fingerprint density at radius 3 is 2.50 bits per heavy atom. The molecule has 1 unspecified atom stereocenters. The number of rotatable bonds is 5. The molecule has 0 bridgehead atoms. The van der Waals surface area contributed by atoms with E-state index in [0.29, 0.717) is 31.0 Å². The lowest BCUT2D eigenvalue weighted by Crippen LogP contribution is -2.33. The van der Waals surface area contributed by atoms with Crippen molar-refractivity contribution in [2.45, 2.75) is 26.1 Å². The number of hydrogen-bond acceptors (Lipinski definition) is 5. The molecule has 7 nitrogen and oxygen atoms in total. The molecule has 0 saturated carbocycles. The molecule has 8 heteroatoms. The van der Waals surface area contributed by atoms with Crippen molar-refractivity contribution in [2.24, 2.45) is 0 Å². The van der Waals surface area contributed by atoms with Crippen LogP contribution in [0.1, 0.15) is 23.6 Å². The number of carbonyl (C=O) groups excluding carboxylic acids is 1. The monoisotopic (exact) mass is 470 g/mol. The van der Waals surface area contributed by atoms with Crippen molar-refractivity contribution in [1.82, 2.24) is 29.5 Å². The number of pyridine rings is 1. The van der Waals surface area contributed by atoms with Gasteiger partial charge < -0.3 is 5.32 Å². The molecule has 1 aliphatic heterocycles. The molecule has 1 aliphatic rings. The van der Waals surface area contributed by atoms with Gasteiger partial charge in [-0.2, -0.15) is 0 Å². The normalized spacial score (nSPS) is 16.7. The van der Waals surface area contributed by atoms with Crippen LogP contribution in [-0.2, 0) is 11.5 Å². The first-order chi connectivity index (χ1) is 16.6. The third-order valence-electron chi connectivity index (χ3n) is 6.11. The molecule has 1 amide bonds. The summed E-state index contributed by atoms with van der Waals surface area (Å²) in [6.07, 6.45) is 3.91. The van der Waals surface area contributed by atoms with Crippen LogP contribution in [0.25, 0.3) is 17.1 Å². The summed E-state index contributed by atoms with van der Waals surface area (Å²) in [5.41, 5.74) is 4.19. The maximum atomic E-state index is 12.4. The minimum absolute atomic E-state index is 0.0560. The van der Waals surface area contributed by atoms with Gasteiger partial charge in [-0.25, -0.2) is 4.68 Å². The lowest BCUT2D eigenvalue weighted by molar-refractivity contribution is -0.121. The van der Waals surface area contributed by atoms with Gasteiger partial charge in [-0.05, 0) is 49.0 Å². The van der Waals surface area contributed by atoms with Gasteiger partial charge >= 0.3 is 0 Å². The topological polar surface area (TPSA) is 68.0 Å². The third kappa shape index (κ3) is 4.55. The van der Waals surface area contributed by atoms with Crippen LogP contribution in [0.15, 0.2) is 79.1 Å². The molecule has 0 aliphatic carbocycles. The van der Waals surface area contributed by atoms with E-state index in [4.69, 9.17) is 17.3 Å². The summed E-state index contributed by atoms with van der Waals surface area (Å²) in [4.78, 5) is 18.8. The SMILES string of the molecule is Cc1ccc(-n2c(-c3ccncc3)nn(CN3CCNC(=O)CC3c3ccccc3)c2=S)cc1. The van der Waals surface area contributed by atoms with Crippen molar-refractivity contribution in [1.29, 1.82) is 0 Å². The van der Waals surface area contributed by atoms with Gasteiger partial charge in [0.15, 0.2) is 5.82 Å². The minimum Gasteiger partial charge on any atom is -0.355 e. The summed E-state index contributed by atoms with van der Waals surface area (Å²) >= 11 is 5.95. The average molecular weight is 471 g/mol. The molecule has 1 N–H and O–H groups in total. The first-order valence-corrected chi connectivity index (χ1v) is 11.7. The van der Waals surface area contributed by atoms with Gasteiger partial charge in [-0.15, -0.1) is 5.10 Å². The zero-order valence-corrected chi connectivity index (χ0v) is 19.8. The smallest absolute Gasteiger partial charge is 0.221 e. The predicted octanol–water partition coefficient (Wildman–Crippen LogP) is 4.29. The van der Waals surface area contributed by atoms with Crippen LogP contribution in [0.3, 0.4) is 0 Å². The molecule has 3 heterocycles. The van der Waals surface area contributed by atoms with E-state index >= 15 is 0 Å². The first-order valence-electron chi connectivity index (χ1n) is 11.3. The molecule has 1 fully saturated rings. The van der Waals surface area contributed by atoms with Crippen LogP contribution >= 0.6 is 12.2 Å². The second-order valence-electron chi connectivity index (χ2n) is 8.45. The Morgan fingerprint density at radius 1 is 1.03 bits per heavy atom. The van der Waals surface area contributed by atoms with Gasteiger partial charge in [-0.1, -0.05) is 48.0 Å². The Morgan fingerprint density at radius 2 is 1.76 bits per heavy atom. The highest BCUT2D eigenvalue weighted by Crippen LogP contribution is 2.28. The third-order valence-corrected chi connectivity index (χ3v) is 6.50. The van der Waals surface area contributed by atoms with Gasteiger partial charge in [0.25, 0.3) is 0 Å². The van der Waals surface area contributed by atoms with E-state index in [1.807, 2.05) is 39.6 Å². The van der Waals surface area contributed by atoms with Gasteiger partial charge in [0.1, 0.15) is 0 Å². The summed E-state index contributed by atoms with van der Waals surface area (Å²) in [6, 6.07) is 22.2. The highest BCUT2D eigenvalue weighted by atomic mass is 32.1. The number of aromatic nitrogens is 4. The second kappa shape index (κ2) is 9.70. The fraction of sp³-hybridized carbons (Fsp3) is 0.231. The number of benzene rings is 2. The second-order valence-corrected chi connectivity index (χ2v) is 8.81. The number of hydrogen-bond donors (Lipinski definition) is 1. The van der Waals surface area contributed by atoms with Crippen molar-refractivity contribution >= 4 is 18.1 Å². The maximum Gasteiger partial charge on any atom is 0.221 e. The summed E-state index contributed by atoms with van der Waals surface area (Å²) in [5, 5.41) is 7.95. The summed E-state index contributed by atoms with van der Waals surface area (Å²) in [5.74, 6) is 0.819. The molecule has 0 spiro atoms. The van der Waals surface area contributed by atoms with Crippen LogP contribution in [0.2, 0.25) is 0 Å². The molecule has 2 aromatic heterocycles. The summed E-state index contributed by atoms with van der Waals surface area (Å²) in [7, 11) is 0. The van der Waals surface area contributed by atoms with E-state index in [2.05, 4.69) is 58.5 Å². The van der Waals surface area contributed by atoms with E-state index < -0.39 is 0 Å². The number of nitrogens with zero attached hydrogens (tertiary/aromatic N) is 5. The Labute approximate surface area is 203 Å². The lowest BCUT2D eigenvalue weighted by Gasteiger charge is -2.29. The van der Waals surface area contributed by atoms with Gasteiger partial charge in [0, 0.05) is 49.2 Å². The van der Waals surface area contributed by atoms with E-state index in [9.17, 15) is 4.79 Å². The van der Waals surface area contributed by atoms with E-state index in [1.54, 1.807) is 12.4 Å². The molecule has 172 valence electrons. The van der Waals surface area contributed by atoms with Crippen molar-refractivity contribution in [3.05, 3.63) is 95.0 Å². The molecule has 0 radical (unpaired) electrons. The van der Waals surface area contributed by atoms with Crippen LogP contribution in [0, 0.1) is 11.7 Å². The molecule has 5 rings (SSSR count). The van der Waals surface area contributed by atoms with Crippen LogP contribution in [-0.4, -0.2) is 43.2 Å². The first kappa shape index (κ1) is 22.2. The molecule has 2 aromatic carbocycles. The molecule has 34 heavy (non-hydrogen) atoms. The lowest BCUT2D eigenvalue weighted by atomic mass is 10.0. The standard InChI is InChI=1S/C26H26N6OS/c1-19-7-9-22(10-8-19)32-25(21-11-13-27-14-12-21)29-31(26(32)34)18-30-16-15-28-24(33)17-23(30)20-5-3-2-4-6-20/h2-14,23H,15-18H2,1H3,(H,28,33). The van der Waals surface area contributed by atoms with Crippen LogP contribution in [0.4, 0.5) is 0 Å². The van der Waals surface area contributed by atoms with Crippen molar-refractivity contribution in [3.63, 3.8) is 0 Å². The largest absolute Gasteiger partial charge is 0.355 e. The molecule has 1 saturated heterocycles. The Kier molecular flexibility index (Phi) is 6.33. The maximum absolute atomic E-state index is 12.4.